The second-order valence-corrected chi connectivity index (χ2v) is 7.42. The maximum absolute atomic E-state index is 4.81. The Bertz CT molecular complexity index is 873. The lowest BCUT2D eigenvalue weighted by molar-refractivity contribution is 0.527. The average molecular weight is 346 g/mol. The summed E-state index contributed by atoms with van der Waals surface area (Å²) in [6, 6.07) is 17.3. The van der Waals surface area contributed by atoms with E-state index in [0.29, 0.717) is 12.0 Å². The van der Waals surface area contributed by atoms with Crippen molar-refractivity contribution in [3.63, 3.8) is 0 Å². The Hall–Kier alpha value is -2.62. The molecule has 1 aromatic heterocycles. The molecule has 1 aliphatic rings. The van der Waals surface area contributed by atoms with Gasteiger partial charge in [0, 0.05) is 24.8 Å². The summed E-state index contributed by atoms with van der Waals surface area (Å²) in [4.78, 5) is 11.7. The summed E-state index contributed by atoms with van der Waals surface area (Å²) in [5, 5.41) is 3.69. The Morgan fingerprint density at radius 2 is 1.81 bits per heavy atom. The normalized spacial score (nSPS) is 17.7. The Morgan fingerprint density at radius 1 is 1.04 bits per heavy atom. The Balaban J connectivity index is 1.46. The van der Waals surface area contributed by atoms with E-state index in [2.05, 4.69) is 53.3 Å². The van der Waals surface area contributed by atoms with Crippen molar-refractivity contribution in [3.8, 4) is 0 Å². The van der Waals surface area contributed by atoms with E-state index >= 15 is 0 Å². The fourth-order valence-corrected chi connectivity index (χ4v) is 3.60. The van der Waals surface area contributed by atoms with Gasteiger partial charge in [-0.15, -0.1) is 0 Å². The van der Waals surface area contributed by atoms with Gasteiger partial charge in [-0.2, -0.15) is 0 Å². The molecule has 1 fully saturated rings. The van der Waals surface area contributed by atoms with Gasteiger partial charge in [0.25, 0.3) is 0 Å². The minimum atomic E-state index is 0.432. The van der Waals surface area contributed by atoms with E-state index in [0.717, 1.165) is 36.4 Å². The first-order valence-electron chi connectivity index (χ1n) is 9.52. The van der Waals surface area contributed by atoms with Gasteiger partial charge >= 0.3 is 0 Å². The van der Waals surface area contributed by atoms with E-state index in [1.54, 1.807) is 0 Å². The molecule has 0 bridgehead atoms. The highest BCUT2D eigenvalue weighted by atomic mass is 15.2. The van der Waals surface area contributed by atoms with Crippen molar-refractivity contribution in [1.82, 2.24) is 9.97 Å². The number of fused-ring (bicyclic) bond motifs is 1. The van der Waals surface area contributed by atoms with Crippen LogP contribution in [0.3, 0.4) is 0 Å². The van der Waals surface area contributed by atoms with Crippen LogP contribution in [0.1, 0.15) is 38.2 Å². The van der Waals surface area contributed by atoms with Crippen molar-refractivity contribution >= 4 is 22.5 Å². The van der Waals surface area contributed by atoms with Crippen LogP contribution in [-0.4, -0.2) is 29.1 Å². The summed E-state index contributed by atoms with van der Waals surface area (Å²) in [6.07, 6.45) is 4.25. The van der Waals surface area contributed by atoms with Gasteiger partial charge in [0.1, 0.15) is 5.82 Å². The number of nitrogens with one attached hydrogen (secondary N) is 1. The lowest BCUT2D eigenvalue weighted by atomic mass is 10.0. The molecule has 1 aliphatic heterocycles. The van der Waals surface area contributed by atoms with Crippen LogP contribution in [0.5, 0.6) is 0 Å². The molecule has 4 heteroatoms. The number of piperidine rings is 1. The lowest BCUT2D eigenvalue weighted by Crippen LogP contribution is -2.42. The minimum Gasteiger partial charge on any atom is -0.381 e. The summed E-state index contributed by atoms with van der Waals surface area (Å²) in [6.45, 7) is 6.45. The predicted octanol–water partition coefficient (Wildman–Crippen LogP) is 4.83. The smallest absolute Gasteiger partial charge is 0.147 e. The van der Waals surface area contributed by atoms with Gasteiger partial charge in [-0.1, -0.05) is 38.1 Å². The highest BCUT2D eigenvalue weighted by Gasteiger charge is 2.21. The molecular formula is C22H26N4. The minimum absolute atomic E-state index is 0.432. The molecule has 1 N–H and O–H groups in total. The van der Waals surface area contributed by atoms with E-state index in [1.807, 2.05) is 30.5 Å². The summed E-state index contributed by atoms with van der Waals surface area (Å²) >= 11 is 0. The molecule has 0 radical (unpaired) electrons. The van der Waals surface area contributed by atoms with Crippen molar-refractivity contribution in [1.29, 1.82) is 0 Å². The van der Waals surface area contributed by atoms with Gasteiger partial charge in [-0.3, -0.25) is 4.98 Å². The zero-order valence-corrected chi connectivity index (χ0v) is 15.5. The quantitative estimate of drug-likeness (QED) is 0.734. The van der Waals surface area contributed by atoms with Crippen LogP contribution in [0.25, 0.3) is 11.0 Å². The monoisotopic (exact) mass is 346 g/mol. The number of aromatic nitrogens is 2. The van der Waals surface area contributed by atoms with Gasteiger partial charge in [0.2, 0.25) is 0 Å². The van der Waals surface area contributed by atoms with E-state index in [-0.39, 0.29) is 0 Å². The van der Waals surface area contributed by atoms with Crippen LogP contribution in [-0.2, 0) is 0 Å². The van der Waals surface area contributed by atoms with Gasteiger partial charge in [0.15, 0.2) is 0 Å². The first kappa shape index (κ1) is 16.8. The third-order valence-electron chi connectivity index (χ3n) is 5.13. The van der Waals surface area contributed by atoms with Crippen molar-refractivity contribution in [2.24, 2.45) is 0 Å². The second-order valence-electron chi connectivity index (χ2n) is 7.42. The highest BCUT2D eigenvalue weighted by Crippen LogP contribution is 2.23. The molecule has 26 heavy (non-hydrogen) atoms. The first-order chi connectivity index (χ1) is 12.7. The van der Waals surface area contributed by atoms with Crippen LogP contribution in [0.15, 0.2) is 54.7 Å². The lowest BCUT2D eigenvalue weighted by Gasteiger charge is -2.34. The number of hydrogen-bond donors (Lipinski definition) is 1. The molecule has 4 rings (SSSR count). The first-order valence-corrected chi connectivity index (χ1v) is 9.52. The van der Waals surface area contributed by atoms with Crippen LogP contribution >= 0.6 is 0 Å². The summed E-state index contributed by atoms with van der Waals surface area (Å²) < 4.78 is 0. The standard InChI is InChI=1S/C22H26N4/c1-16(2)17-9-11-18(12-10-17)24-19-6-5-13-26(15-19)22-14-23-20-7-3-4-8-21(20)25-22/h3-4,7-12,14,16,19,24H,5-6,13,15H2,1-2H3/t19-/m0/s1. The van der Waals surface area contributed by atoms with Crippen LogP contribution < -0.4 is 10.2 Å². The predicted molar refractivity (Wildman–Crippen MR) is 109 cm³/mol. The fourth-order valence-electron chi connectivity index (χ4n) is 3.60. The van der Waals surface area contributed by atoms with Gasteiger partial charge in [-0.25, -0.2) is 4.98 Å². The third kappa shape index (κ3) is 3.64. The molecule has 3 aromatic rings. The van der Waals surface area contributed by atoms with Crippen LogP contribution in [0.2, 0.25) is 0 Å². The van der Waals surface area contributed by atoms with Crippen molar-refractivity contribution in [2.75, 3.05) is 23.3 Å². The largest absolute Gasteiger partial charge is 0.381 e. The van der Waals surface area contributed by atoms with E-state index in [9.17, 15) is 0 Å². The molecule has 4 nitrogen and oxygen atoms in total. The SMILES string of the molecule is CC(C)c1ccc(N[C@H]2CCCN(c3cnc4ccccc4n3)C2)cc1. The molecular weight excluding hydrogens is 320 g/mol. The number of hydrogen-bond acceptors (Lipinski definition) is 4. The zero-order chi connectivity index (χ0) is 17.9. The summed E-state index contributed by atoms with van der Waals surface area (Å²) in [5.74, 6) is 1.55. The van der Waals surface area contributed by atoms with Crippen molar-refractivity contribution < 1.29 is 0 Å². The number of rotatable bonds is 4. The zero-order valence-electron chi connectivity index (χ0n) is 15.5. The molecule has 1 atom stereocenters. The summed E-state index contributed by atoms with van der Waals surface area (Å²) in [5.41, 5.74) is 4.50. The van der Waals surface area contributed by atoms with E-state index in [4.69, 9.17) is 4.98 Å². The topological polar surface area (TPSA) is 41.0 Å². The number of anilines is 2. The molecule has 134 valence electrons. The maximum atomic E-state index is 4.81. The van der Waals surface area contributed by atoms with Crippen molar-refractivity contribution in [3.05, 3.63) is 60.3 Å². The van der Waals surface area contributed by atoms with Gasteiger partial charge < -0.3 is 10.2 Å². The maximum Gasteiger partial charge on any atom is 0.147 e. The van der Waals surface area contributed by atoms with Gasteiger partial charge in [-0.05, 0) is 48.6 Å². The molecule has 0 spiro atoms. The van der Waals surface area contributed by atoms with Crippen LogP contribution in [0.4, 0.5) is 11.5 Å². The fraction of sp³-hybridized carbons (Fsp3) is 0.364. The molecule has 0 saturated carbocycles. The number of benzene rings is 2. The molecule has 0 amide bonds. The highest BCUT2D eigenvalue weighted by molar-refractivity contribution is 5.75. The molecule has 0 unspecified atom stereocenters. The Morgan fingerprint density at radius 3 is 2.58 bits per heavy atom. The van der Waals surface area contributed by atoms with Crippen molar-refractivity contribution in [2.45, 2.75) is 38.6 Å². The number of para-hydroxylation sites is 2. The third-order valence-corrected chi connectivity index (χ3v) is 5.13. The van der Waals surface area contributed by atoms with Crippen LogP contribution in [0, 0.1) is 0 Å². The molecule has 2 aromatic carbocycles. The summed E-state index contributed by atoms with van der Waals surface area (Å²) in [7, 11) is 0. The number of nitrogens with zero attached hydrogens (tertiary/aromatic N) is 3. The van der Waals surface area contributed by atoms with E-state index in [1.165, 1.54) is 17.7 Å². The Kier molecular flexibility index (Phi) is 4.74. The second kappa shape index (κ2) is 7.32. The average Bonchev–Trinajstić information content (AvgIpc) is 2.68. The Labute approximate surface area is 155 Å². The molecule has 0 aliphatic carbocycles. The van der Waals surface area contributed by atoms with E-state index < -0.39 is 0 Å². The molecule has 2 heterocycles. The van der Waals surface area contributed by atoms with Gasteiger partial charge in [0.05, 0.1) is 17.2 Å². The molecule has 1 saturated heterocycles.